The first-order valence-electron chi connectivity index (χ1n) is 8.51. The van der Waals surface area contributed by atoms with E-state index in [2.05, 4.69) is 15.3 Å². The Morgan fingerprint density at radius 3 is 2.41 bits per heavy atom. The molecule has 0 saturated heterocycles. The first-order chi connectivity index (χ1) is 14.0. The molecule has 0 bridgehead atoms. The highest BCUT2D eigenvalue weighted by molar-refractivity contribution is 6.01. The van der Waals surface area contributed by atoms with Crippen molar-refractivity contribution < 1.29 is 28.9 Å². The Balaban J connectivity index is 1.73. The Hall–Kier alpha value is -4.07. The number of phenolic OH excluding ortho intramolecular Hbond substituents is 1. The molecular weight excluding hydrogens is 376 g/mol. The summed E-state index contributed by atoms with van der Waals surface area (Å²) in [5, 5.41) is 15.7. The van der Waals surface area contributed by atoms with Gasteiger partial charge in [-0.3, -0.25) is 4.79 Å². The number of nitrogens with one attached hydrogen (secondary N) is 1. The molecule has 3 aromatic rings. The van der Waals surface area contributed by atoms with Crippen LogP contribution in [0.1, 0.15) is 15.9 Å². The molecule has 0 heterocycles. The van der Waals surface area contributed by atoms with Crippen LogP contribution in [0, 0.1) is 0 Å². The zero-order valence-corrected chi connectivity index (χ0v) is 15.7. The number of fused-ring (bicyclic) bond motifs is 1. The second kappa shape index (κ2) is 8.75. The Morgan fingerprint density at radius 2 is 1.72 bits per heavy atom. The third-order valence-electron chi connectivity index (χ3n) is 4.04. The van der Waals surface area contributed by atoms with Crippen LogP contribution in [0.2, 0.25) is 0 Å². The molecule has 29 heavy (non-hydrogen) atoms. The van der Waals surface area contributed by atoms with Gasteiger partial charge in [-0.25, -0.2) is 10.2 Å². The number of nitrogens with zero attached hydrogens (tertiary/aromatic N) is 1. The van der Waals surface area contributed by atoms with Gasteiger partial charge in [0.05, 0.1) is 26.0 Å². The van der Waals surface area contributed by atoms with Crippen LogP contribution in [0.25, 0.3) is 10.8 Å². The SMILES string of the molecule is COC(=O)Oc1ccc(/C=N/NC(=O)c2cc3ccccc3cc2O)cc1OC. The maximum atomic E-state index is 12.4. The molecule has 0 aliphatic rings. The van der Waals surface area contributed by atoms with Crippen LogP contribution in [0.4, 0.5) is 4.79 Å². The van der Waals surface area contributed by atoms with E-state index in [-0.39, 0.29) is 22.8 Å². The normalized spacial score (nSPS) is 10.7. The molecule has 3 aromatic carbocycles. The number of amides is 1. The fourth-order valence-corrected chi connectivity index (χ4v) is 2.62. The predicted molar refractivity (Wildman–Crippen MR) is 107 cm³/mol. The van der Waals surface area contributed by atoms with Crippen molar-refractivity contribution in [3.8, 4) is 17.2 Å². The quantitative estimate of drug-likeness (QED) is 0.297. The van der Waals surface area contributed by atoms with Crippen molar-refractivity contribution in [1.29, 1.82) is 0 Å². The van der Waals surface area contributed by atoms with E-state index in [4.69, 9.17) is 9.47 Å². The number of hydrazone groups is 1. The number of carbonyl (C=O) groups is 2. The number of aromatic hydroxyl groups is 1. The summed E-state index contributed by atoms with van der Waals surface area (Å²) in [6, 6.07) is 15.2. The number of rotatable bonds is 5. The molecule has 0 radical (unpaired) electrons. The van der Waals surface area contributed by atoms with E-state index in [0.717, 1.165) is 10.8 Å². The van der Waals surface area contributed by atoms with E-state index < -0.39 is 12.1 Å². The molecule has 0 spiro atoms. The first kappa shape index (κ1) is 19.7. The van der Waals surface area contributed by atoms with Gasteiger partial charge >= 0.3 is 6.16 Å². The number of hydrogen-bond acceptors (Lipinski definition) is 7. The number of hydrogen-bond donors (Lipinski definition) is 2. The van der Waals surface area contributed by atoms with Gasteiger partial charge < -0.3 is 19.3 Å². The molecule has 8 heteroatoms. The summed E-state index contributed by atoms with van der Waals surface area (Å²) in [6.45, 7) is 0. The van der Waals surface area contributed by atoms with Crippen molar-refractivity contribution >= 4 is 29.0 Å². The third-order valence-corrected chi connectivity index (χ3v) is 4.04. The minimum atomic E-state index is -0.868. The highest BCUT2D eigenvalue weighted by Crippen LogP contribution is 2.28. The molecule has 0 unspecified atom stereocenters. The molecule has 0 aliphatic carbocycles. The minimum Gasteiger partial charge on any atom is -0.507 e. The lowest BCUT2D eigenvalue weighted by atomic mass is 10.1. The molecule has 0 aromatic heterocycles. The summed E-state index contributed by atoms with van der Waals surface area (Å²) in [4.78, 5) is 23.6. The van der Waals surface area contributed by atoms with Crippen molar-refractivity contribution in [2.75, 3.05) is 14.2 Å². The van der Waals surface area contributed by atoms with Crippen LogP contribution in [-0.2, 0) is 4.74 Å². The van der Waals surface area contributed by atoms with Crippen LogP contribution < -0.4 is 14.9 Å². The molecular formula is C21H18N2O6. The van der Waals surface area contributed by atoms with Gasteiger partial charge in [0, 0.05) is 0 Å². The number of phenols is 1. The largest absolute Gasteiger partial charge is 0.513 e. The minimum absolute atomic E-state index is 0.111. The molecule has 148 valence electrons. The van der Waals surface area contributed by atoms with Gasteiger partial charge in [0.15, 0.2) is 11.5 Å². The Kier molecular flexibility index (Phi) is 5.94. The van der Waals surface area contributed by atoms with Gasteiger partial charge in [-0.15, -0.1) is 0 Å². The summed E-state index contributed by atoms with van der Waals surface area (Å²) < 4.78 is 14.6. The molecule has 0 aliphatic heterocycles. The standard InChI is InChI=1S/C21H18N2O6/c1-27-19-9-13(7-8-18(19)29-21(26)28-2)12-22-23-20(25)16-10-14-5-3-4-6-15(14)11-17(16)24/h3-12,24H,1-2H3,(H,23,25)/b22-12+. The van der Waals surface area contributed by atoms with Crippen molar-refractivity contribution in [1.82, 2.24) is 5.43 Å². The average Bonchev–Trinajstić information content (AvgIpc) is 2.73. The molecule has 3 rings (SSSR count). The molecule has 2 N–H and O–H groups in total. The van der Waals surface area contributed by atoms with Crippen molar-refractivity contribution in [3.63, 3.8) is 0 Å². The van der Waals surface area contributed by atoms with E-state index in [1.807, 2.05) is 24.3 Å². The maximum Gasteiger partial charge on any atom is 0.513 e. The Labute approximate surface area is 166 Å². The van der Waals surface area contributed by atoms with E-state index in [0.29, 0.717) is 5.56 Å². The lowest BCUT2D eigenvalue weighted by Gasteiger charge is -2.08. The van der Waals surface area contributed by atoms with E-state index in [1.165, 1.54) is 32.6 Å². The van der Waals surface area contributed by atoms with Crippen LogP contribution >= 0.6 is 0 Å². The highest BCUT2D eigenvalue weighted by atomic mass is 16.7. The fraction of sp³-hybridized carbons (Fsp3) is 0.0952. The van der Waals surface area contributed by atoms with Crippen LogP contribution in [0.5, 0.6) is 17.2 Å². The summed E-state index contributed by atoms with van der Waals surface area (Å²) in [5.74, 6) is -0.219. The Bertz CT molecular complexity index is 1090. The summed E-state index contributed by atoms with van der Waals surface area (Å²) in [6.07, 6.45) is 0.521. The van der Waals surface area contributed by atoms with E-state index in [1.54, 1.807) is 18.2 Å². The smallest absolute Gasteiger partial charge is 0.507 e. The monoisotopic (exact) mass is 394 g/mol. The second-order valence-corrected chi connectivity index (χ2v) is 5.88. The lowest BCUT2D eigenvalue weighted by Crippen LogP contribution is -2.17. The Morgan fingerprint density at radius 1 is 1.00 bits per heavy atom. The number of methoxy groups -OCH3 is 2. The summed E-state index contributed by atoms with van der Waals surface area (Å²) in [5.41, 5.74) is 3.07. The molecule has 1 amide bonds. The van der Waals surface area contributed by atoms with Gasteiger partial charge in [0.25, 0.3) is 5.91 Å². The van der Waals surface area contributed by atoms with Crippen LogP contribution in [0.3, 0.4) is 0 Å². The zero-order valence-electron chi connectivity index (χ0n) is 15.7. The predicted octanol–water partition coefficient (Wildman–Crippen LogP) is 3.46. The number of benzene rings is 3. The summed E-state index contributed by atoms with van der Waals surface area (Å²) >= 11 is 0. The number of ether oxygens (including phenoxy) is 3. The van der Waals surface area contributed by atoms with Gasteiger partial charge in [0.2, 0.25) is 0 Å². The number of carbonyl (C=O) groups excluding carboxylic acids is 2. The summed E-state index contributed by atoms with van der Waals surface area (Å²) in [7, 11) is 2.62. The average molecular weight is 394 g/mol. The third kappa shape index (κ3) is 4.62. The van der Waals surface area contributed by atoms with Gasteiger partial charge in [0.1, 0.15) is 5.75 Å². The molecule has 0 atom stereocenters. The van der Waals surface area contributed by atoms with Crippen LogP contribution in [0.15, 0.2) is 59.7 Å². The van der Waals surface area contributed by atoms with E-state index >= 15 is 0 Å². The zero-order chi connectivity index (χ0) is 20.8. The molecule has 0 saturated carbocycles. The van der Waals surface area contributed by atoms with Gasteiger partial charge in [-0.2, -0.15) is 5.10 Å². The lowest BCUT2D eigenvalue weighted by molar-refractivity contribution is 0.0952. The maximum absolute atomic E-state index is 12.4. The second-order valence-electron chi connectivity index (χ2n) is 5.88. The van der Waals surface area contributed by atoms with Gasteiger partial charge in [-0.05, 0) is 46.7 Å². The topological polar surface area (TPSA) is 106 Å². The highest BCUT2D eigenvalue weighted by Gasteiger charge is 2.12. The first-order valence-corrected chi connectivity index (χ1v) is 8.51. The molecule has 0 fully saturated rings. The van der Waals surface area contributed by atoms with Crippen LogP contribution in [-0.4, -0.2) is 37.6 Å². The van der Waals surface area contributed by atoms with Gasteiger partial charge in [-0.1, -0.05) is 24.3 Å². The van der Waals surface area contributed by atoms with Crippen molar-refractivity contribution in [3.05, 3.63) is 65.7 Å². The fourth-order valence-electron chi connectivity index (χ4n) is 2.62. The van der Waals surface area contributed by atoms with E-state index in [9.17, 15) is 14.7 Å². The van der Waals surface area contributed by atoms with Crippen molar-refractivity contribution in [2.45, 2.75) is 0 Å². The molecule has 8 nitrogen and oxygen atoms in total. The van der Waals surface area contributed by atoms with Crippen molar-refractivity contribution in [2.24, 2.45) is 5.10 Å².